The van der Waals surface area contributed by atoms with Crippen LogP contribution >= 0.6 is 0 Å². The van der Waals surface area contributed by atoms with Crippen molar-refractivity contribution < 1.29 is 4.74 Å². The van der Waals surface area contributed by atoms with E-state index in [0.717, 1.165) is 18.8 Å². The highest BCUT2D eigenvalue weighted by Crippen LogP contribution is 2.38. The third kappa shape index (κ3) is 3.33. The number of likely N-dealkylation sites (tertiary alicyclic amines) is 1. The highest BCUT2D eigenvalue weighted by Gasteiger charge is 2.31. The van der Waals surface area contributed by atoms with E-state index in [1.54, 1.807) is 7.11 Å². The predicted molar refractivity (Wildman–Crippen MR) is 84.2 cm³/mol. The summed E-state index contributed by atoms with van der Waals surface area (Å²) in [5.41, 5.74) is 1.35. The van der Waals surface area contributed by atoms with E-state index in [4.69, 9.17) is 4.74 Å². The second kappa shape index (κ2) is 7.65. The zero-order valence-electron chi connectivity index (χ0n) is 13.1. The Labute approximate surface area is 123 Å². The van der Waals surface area contributed by atoms with Crippen molar-refractivity contribution in [3.8, 4) is 5.75 Å². The van der Waals surface area contributed by atoms with Gasteiger partial charge in [-0.3, -0.25) is 4.90 Å². The van der Waals surface area contributed by atoms with Gasteiger partial charge in [-0.1, -0.05) is 31.5 Å². The van der Waals surface area contributed by atoms with E-state index in [2.05, 4.69) is 48.5 Å². The molecule has 0 bridgehead atoms. The van der Waals surface area contributed by atoms with E-state index in [0.29, 0.717) is 12.0 Å². The van der Waals surface area contributed by atoms with Crippen LogP contribution in [0.5, 0.6) is 5.75 Å². The third-order valence-corrected chi connectivity index (χ3v) is 4.44. The number of nitrogens with one attached hydrogen (secondary N) is 1. The Morgan fingerprint density at radius 1 is 1.30 bits per heavy atom. The quantitative estimate of drug-likeness (QED) is 0.894. The zero-order chi connectivity index (χ0) is 14.4. The van der Waals surface area contributed by atoms with Crippen molar-refractivity contribution in [3.63, 3.8) is 0 Å². The Bertz CT molecular complexity index is 408. The smallest absolute Gasteiger partial charge is 0.123 e. The molecule has 0 aromatic heterocycles. The molecule has 1 saturated heterocycles. The van der Waals surface area contributed by atoms with E-state index < -0.39 is 0 Å². The van der Waals surface area contributed by atoms with Crippen molar-refractivity contribution in [2.75, 3.05) is 33.8 Å². The summed E-state index contributed by atoms with van der Waals surface area (Å²) in [5.74, 6) is 1.68. The molecule has 0 radical (unpaired) electrons. The van der Waals surface area contributed by atoms with E-state index in [1.165, 1.54) is 31.4 Å². The van der Waals surface area contributed by atoms with Gasteiger partial charge in [0.05, 0.1) is 7.11 Å². The van der Waals surface area contributed by atoms with Crippen LogP contribution in [0.4, 0.5) is 0 Å². The average Bonchev–Trinajstić information content (AvgIpc) is 2.69. The molecule has 1 aromatic carbocycles. The fraction of sp³-hybridized carbons (Fsp3) is 0.647. The molecule has 1 N–H and O–H groups in total. The van der Waals surface area contributed by atoms with Crippen LogP contribution in [-0.2, 0) is 0 Å². The van der Waals surface area contributed by atoms with Crippen molar-refractivity contribution in [3.05, 3.63) is 29.8 Å². The van der Waals surface area contributed by atoms with Crippen LogP contribution in [0.25, 0.3) is 0 Å². The second-order valence-electron chi connectivity index (χ2n) is 5.63. The maximum Gasteiger partial charge on any atom is 0.123 e. The van der Waals surface area contributed by atoms with E-state index in [-0.39, 0.29) is 0 Å². The van der Waals surface area contributed by atoms with Crippen LogP contribution < -0.4 is 10.1 Å². The number of ether oxygens (including phenoxy) is 1. The minimum Gasteiger partial charge on any atom is -0.496 e. The molecule has 1 heterocycles. The van der Waals surface area contributed by atoms with Gasteiger partial charge in [-0.05, 0) is 51.5 Å². The molecule has 0 spiro atoms. The van der Waals surface area contributed by atoms with Crippen molar-refractivity contribution in [1.29, 1.82) is 0 Å². The highest BCUT2D eigenvalue weighted by molar-refractivity contribution is 5.36. The van der Waals surface area contributed by atoms with Gasteiger partial charge < -0.3 is 10.1 Å². The molecular weight excluding hydrogens is 248 g/mol. The molecule has 20 heavy (non-hydrogen) atoms. The molecule has 2 rings (SSSR count). The molecule has 0 saturated carbocycles. The van der Waals surface area contributed by atoms with Gasteiger partial charge in [0, 0.05) is 11.6 Å². The number of methoxy groups -OCH3 is 1. The van der Waals surface area contributed by atoms with Gasteiger partial charge in [0.2, 0.25) is 0 Å². The Morgan fingerprint density at radius 3 is 2.80 bits per heavy atom. The summed E-state index contributed by atoms with van der Waals surface area (Å²) in [4.78, 5) is 2.62. The van der Waals surface area contributed by atoms with Crippen molar-refractivity contribution in [2.24, 2.45) is 5.92 Å². The minimum absolute atomic E-state index is 0.464. The van der Waals surface area contributed by atoms with E-state index in [9.17, 15) is 0 Å². The van der Waals surface area contributed by atoms with Gasteiger partial charge in [0.15, 0.2) is 0 Å². The fourth-order valence-electron chi connectivity index (χ4n) is 3.51. The molecule has 1 aliphatic rings. The van der Waals surface area contributed by atoms with E-state index in [1.807, 2.05) is 0 Å². The summed E-state index contributed by atoms with van der Waals surface area (Å²) in [6.45, 7) is 5.63. The number of hydrogen-bond acceptors (Lipinski definition) is 3. The normalized spacial score (nSPS) is 24.4. The Morgan fingerprint density at radius 2 is 2.10 bits per heavy atom. The highest BCUT2D eigenvalue weighted by atomic mass is 16.5. The first-order valence-electron chi connectivity index (χ1n) is 7.83. The molecule has 1 aliphatic heterocycles. The summed E-state index contributed by atoms with van der Waals surface area (Å²) >= 11 is 0. The third-order valence-electron chi connectivity index (χ3n) is 4.44. The lowest BCUT2D eigenvalue weighted by atomic mass is 9.88. The standard InChI is InChI=1S/C17H28N2O/c1-4-19-12-8-7-9-14(13-18-2)17(19)15-10-5-6-11-16(15)20-3/h5-6,10-11,14,17-18H,4,7-9,12-13H2,1-3H3. The van der Waals surface area contributed by atoms with Crippen LogP contribution in [0, 0.1) is 5.92 Å². The molecule has 2 unspecified atom stereocenters. The van der Waals surface area contributed by atoms with Gasteiger partial charge in [-0.25, -0.2) is 0 Å². The lowest BCUT2D eigenvalue weighted by molar-refractivity contribution is 0.159. The van der Waals surface area contributed by atoms with Crippen LogP contribution in [-0.4, -0.2) is 38.7 Å². The number of rotatable bonds is 5. The minimum atomic E-state index is 0.464. The summed E-state index contributed by atoms with van der Waals surface area (Å²) in [5, 5.41) is 3.38. The summed E-state index contributed by atoms with van der Waals surface area (Å²) in [6, 6.07) is 8.98. The van der Waals surface area contributed by atoms with Gasteiger partial charge in [0.25, 0.3) is 0 Å². The molecule has 0 amide bonds. The first-order chi connectivity index (χ1) is 9.81. The lowest BCUT2D eigenvalue weighted by Gasteiger charge is -2.35. The van der Waals surface area contributed by atoms with Crippen LogP contribution in [0.2, 0.25) is 0 Å². The number of nitrogens with zero attached hydrogens (tertiary/aromatic N) is 1. The largest absolute Gasteiger partial charge is 0.496 e. The molecule has 1 fully saturated rings. The number of benzene rings is 1. The van der Waals surface area contributed by atoms with Crippen molar-refractivity contribution in [1.82, 2.24) is 10.2 Å². The molecule has 3 heteroatoms. The zero-order valence-corrected chi connectivity index (χ0v) is 13.1. The van der Waals surface area contributed by atoms with E-state index >= 15 is 0 Å². The topological polar surface area (TPSA) is 24.5 Å². The predicted octanol–water partition coefficient (Wildman–Crippen LogP) is 3.08. The Hall–Kier alpha value is -1.06. The molecular formula is C17H28N2O. The first-order valence-corrected chi connectivity index (χ1v) is 7.83. The molecule has 112 valence electrons. The maximum atomic E-state index is 5.61. The Kier molecular flexibility index (Phi) is 5.86. The number of hydrogen-bond donors (Lipinski definition) is 1. The monoisotopic (exact) mass is 276 g/mol. The van der Waals surface area contributed by atoms with Crippen molar-refractivity contribution in [2.45, 2.75) is 32.2 Å². The maximum absolute atomic E-state index is 5.61. The van der Waals surface area contributed by atoms with Gasteiger partial charge in [-0.2, -0.15) is 0 Å². The summed E-state index contributed by atoms with van der Waals surface area (Å²) < 4.78 is 5.61. The van der Waals surface area contributed by atoms with Crippen molar-refractivity contribution >= 4 is 0 Å². The van der Waals surface area contributed by atoms with Gasteiger partial charge in [-0.15, -0.1) is 0 Å². The Balaban J connectivity index is 2.37. The molecule has 1 aromatic rings. The summed E-state index contributed by atoms with van der Waals surface area (Å²) in [6.07, 6.45) is 3.92. The fourth-order valence-corrected chi connectivity index (χ4v) is 3.51. The summed E-state index contributed by atoms with van der Waals surface area (Å²) in [7, 11) is 3.83. The average molecular weight is 276 g/mol. The molecule has 0 aliphatic carbocycles. The van der Waals surface area contributed by atoms with Gasteiger partial charge in [0.1, 0.15) is 5.75 Å². The lowest BCUT2D eigenvalue weighted by Crippen LogP contribution is -2.36. The number of para-hydroxylation sites is 1. The molecule has 3 nitrogen and oxygen atoms in total. The van der Waals surface area contributed by atoms with Crippen LogP contribution in [0.3, 0.4) is 0 Å². The van der Waals surface area contributed by atoms with Crippen LogP contribution in [0.15, 0.2) is 24.3 Å². The van der Waals surface area contributed by atoms with Gasteiger partial charge >= 0.3 is 0 Å². The molecule has 2 atom stereocenters. The van der Waals surface area contributed by atoms with Crippen LogP contribution in [0.1, 0.15) is 37.8 Å². The second-order valence-corrected chi connectivity index (χ2v) is 5.63. The SMILES string of the molecule is CCN1CCCCC(CNC)C1c1ccccc1OC. The first kappa shape index (κ1) is 15.3.